The molecule has 0 aromatic heterocycles. The number of benzene rings is 1. The van der Waals surface area contributed by atoms with Gasteiger partial charge in [-0.25, -0.2) is 4.21 Å². The van der Waals surface area contributed by atoms with Crippen molar-refractivity contribution in [1.82, 2.24) is 0 Å². The fraction of sp³-hybridized carbons (Fsp3) is 0.176. The molecule has 0 fully saturated rings. The maximum absolute atomic E-state index is 12.2. The molecule has 0 bridgehead atoms. The molecule has 100 valence electrons. The smallest absolute Gasteiger partial charge is 0.0799 e. The van der Waals surface area contributed by atoms with Crippen molar-refractivity contribution in [2.24, 2.45) is 0 Å². The fourth-order valence-electron chi connectivity index (χ4n) is 1.65. The van der Waals surface area contributed by atoms with Gasteiger partial charge in [0.2, 0.25) is 0 Å². The summed E-state index contributed by atoms with van der Waals surface area (Å²) in [6.07, 6.45) is 7.08. The maximum Gasteiger partial charge on any atom is 0.0799 e. The van der Waals surface area contributed by atoms with Crippen molar-refractivity contribution in [3.63, 3.8) is 0 Å². The first-order chi connectivity index (χ1) is 8.97. The van der Waals surface area contributed by atoms with E-state index in [0.717, 1.165) is 10.5 Å². The summed E-state index contributed by atoms with van der Waals surface area (Å²) in [5.74, 6) is 0. The molecule has 0 aliphatic heterocycles. The Morgan fingerprint density at radius 1 is 1.32 bits per heavy atom. The molecule has 1 atom stereocenters. The molecule has 0 aliphatic carbocycles. The highest BCUT2D eigenvalue weighted by molar-refractivity contribution is 7.93. The quantitative estimate of drug-likeness (QED) is 0.712. The van der Waals surface area contributed by atoms with Crippen LogP contribution in [0.4, 0.5) is 0 Å². The van der Waals surface area contributed by atoms with Gasteiger partial charge < -0.3 is 0 Å². The normalized spacial score (nSPS) is 13.5. The highest BCUT2D eigenvalue weighted by Gasteiger charge is 2.06. The zero-order valence-electron chi connectivity index (χ0n) is 11.8. The van der Waals surface area contributed by atoms with Gasteiger partial charge in [-0.15, -0.1) is 0 Å². The molecular formula is C17H20OS. The zero-order valence-corrected chi connectivity index (χ0v) is 12.6. The minimum atomic E-state index is -1.19. The van der Waals surface area contributed by atoms with Gasteiger partial charge in [0.1, 0.15) is 0 Å². The lowest BCUT2D eigenvalue weighted by Gasteiger charge is -2.06. The van der Waals surface area contributed by atoms with E-state index in [1.165, 1.54) is 11.1 Å². The Hall–Kier alpha value is -1.67. The van der Waals surface area contributed by atoms with Crippen LogP contribution in [0, 0.1) is 13.8 Å². The molecule has 1 nitrogen and oxygen atoms in total. The molecule has 1 aromatic rings. The van der Waals surface area contributed by atoms with Crippen LogP contribution >= 0.6 is 0 Å². The summed E-state index contributed by atoms with van der Waals surface area (Å²) in [4.78, 5) is 1.38. The minimum Gasteiger partial charge on any atom is -0.249 e. The van der Waals surface area contributed by atoms with E-state index in [9.17, 15) is 4.21 Å². The molecule has 0 saturated heterocycles. The van der Waals surface area contributed by atoms with Crippen molar-refractivity contribution in [2.45, 2.75) is 20.8 Å². The van der Waals surface area contributed by atoms with Crippen molar-refractivity contribution in [2.75, 3.05) is 0 Å². The first-order valence-electron chi connectivity index (χ1n) is 6.11. The Morgan fingerprint density at radius 3 is 2.63 bits per heavy atom. The van der Waals surface area contributed by atoms with Crippen LogP contribution in [-0.2, 0) is 10.8 Å². The Kier molecular flexibility index (Phi) is 5.71. The van der Waals surface area contributed by atoms with Gasteiger partial charge in [0.05, 0.1) is 10.8 Å². The Morgan fingerprint density at radius 2 is 2.00 bits per heavy atom. The zero-order chi connectivity index (χ0) is 14.4. The Bertz CT molecular complexity index is 577. The summed E-state index contributed by atoms with van der Waals surface area (Å²) in [6.45, 7) is 13.4. The van der Waals surface area contributed by atoms with E-state index in [1.807, 2.05) is 25.1 Å². The van der Waals surface area contributed by atoms with Crippen LogP contribution in [0.3, 0.4) is 0 Å². The number of allylic oxidation sites excluding steroid dienone is 4. The molecule has 1 unspecified atom stereocenters. The lowest BCUT2D eigenvalue weighted by molar-refractivity contribution is 0.691. The Balaban J connectivity index is 3.02. The van der Waals surface area contributed by atoms with E-state index < -0.39 is 10.8 Å². The van der Waals surface area contributed by atoms with Gasteiger partial charge in [0.25, 0.3) is 0 Å². The average molecular weight is 272 g/mol. The lowest BCUT2D eigenvalue weighted by atomic mass is 10.0. The predicted octanol–water partition coefficient (Wildman–Crippen LogP) is 4.67. The van der Waals surface area contributed by atoms with Crippen molar-refractivity contribution in [3.05, 3.63) is 76.1 Å². The second-order valence-electron chi connectivity index (χ2n) is 4.37. The van der Waals surface area contributed by atoms with E-state index in [-0.39, 0.29) is 0 Å². The number of rotatable bonds is 5. The third-order valence-corrected chi connectivity index (χ3v) is 4.27. The molecule has 1 rings (SSSR count). The molecule has 0 amide bonds. The van der Waals surface area contributed by atoms with Gasteiger partial charge in [-0.1, -0.05) is 43.5 Å². The average Bonchev–Trinajstić information content (AvgIpc) is 2.40. The van der Waals surface area contributed by atoms with E-state index in [0.29, 0.717) is 4.91 Å². The van der Waals surface area contributed by atoms with Crippen LogP contribution in [0.25, 0.3) is 6.08 Å². The summed E-state index contributed by atoms with van der Waals surface area (Å²) in [5, 5.41) is 0. The first kappa shape index (κ1) is 15.4. The molecule has 1 aromatic carbocycles. The fourth-order valence-corrected chi connectivity index (χ4v) is 2.50. The third-order valence-electron chi connectivity index (χ3n) is 2.95. The van der Waals surface area contributed by atoms with Crippen molar-refractivity contribution in [1.29, 1.82) is 0 Å². The number of aryl methyl sites for hydroxylation is 1. The standard InChI is InChI=1S/C17H20OS/c1-6-7-10-14(3)19(18)15(4)12-17-11-8-9-13(2)16(17)5/h6-12H,1,3H2,2,4-5H3. The summed E-state index contributed by atoms with van der Waals surface area (Å²) in [6, 6.07) is 6.12. The predicted molar refractivity (Wildman–Crippen MR) is 86.2 cm³/mol. The third kappa shape index (κ3) is 4.18. The maximum atomic E-state index is 12.2. The molecule has 0 saturated carbocycles. The van der Waals surface area contributed by atoms with Gasteiger partial charge in [-0.3, -0.25) is 0 Å². The van der Waals surface area contributed by atoms with Gasteiger partial charge in [-0.2, -0.15) is 0 Å². The minimum absolute atomic E-state index is 0.582. The molecule has 0 aliphatic rings. The molecule has 0 N–H and O–H groups in total. The SMILES string of the molecule is C=CC=CC(=C)S(=O)C(C)=Cc1cccc(C)c1C. The Labute approximate surface area is 118 Å². The molecule has 0 radical (unpaired) electrons. The van der Waals surface area contributed by atoms with Crippen molar-refractivity contribution < 1.29 is 4.21 Å². The van der Waals surface area contributed by atoms with Crippen LogP contribution in [-0.4, -0.2) is 4.21 Å². The van der Waals surface area contributed by atoms with Crippen LogP contribution < -0.4 is 0 Å². The summed E-state index contributed by atoms with van der Waals surface area (Å²) in [5.41, 5.74) is 3.55. The van der Waals surface area contributed by atoms with E-state index >= 15 is 0 Å². The van der Waals surface area contributed by atoms with E-state index in [4.69, 9.17) is 0 Å². The second kappa shape index (κ2) is 7.05. The van der Waals surface area contributed by atoms with E-state index in [2.05, 4.69) is 33.1 Å². The van der Waals surface area contributed by atoms with Gasteiger partial charge in [0.15, 0.2) is 0 Å². The monoisotopic (exact) mass is 272 g/mol. The van der Waals surface area contributed by atoms with Gasteiger partial charge in [0, 0.05) is 9.81 Å². The molecule has 19 heavy (non-hydrogen) atoms. The van der Waals surface area contributed by atoms with Crippen LogP contribution in [0.15, 0.2) is 59.4 Å². The van der Waals surface area contributed by atoms with Crippen molar-refractivity contribution >= 4 is 16.9 Å². The second-order valence-corrected chi connectivity index (χ2v) is 6.08. The molecule has 0 heterocycles. The van der Waals surface area contributed by atoms with Crippen LogP contribution in [0.5, 0.6) is 0 Å². The van der Waals surface area contributed by atoms with Crippen LogP contribution in [0.1, 0.15) is 23.6 Å². The summed E-state index contributed by atoms with van der Waals surface area (Å²) in [7, 11) is -1.19. The van der Waals surface area contributed by atoms with Gasteiger partial charge >= 0.3 is 0 Å². The molecular weight excluding hydrogens is 252 g/mol. The number of hydrogen-bond donors (Lipinski definition) is 0. The lowest BCUT2D eigenvalue weighted by Crippen LogP contribution is -1.94. The highest BCUT2D eigenvalue weighted by atomic mass is 32.2. The van der Waals surface area contributed by atoms with Crippen molar-refractivity contribution in [3.8, 4) is 0 Å². The largest absolute Gasteiger partial charge is 0.249 e. The number of hydrogen-bond acceptors (Lipinski definition) is 1. The van der Waals surface area contributed by atoms with Crippen LogP contribution in [0.2, 0.25) is 0 Å². The summed E-state index contributed by atoms with van der Waals surface area (Å²) < 4.78 is 12.2. The molecule has 2 heteroatoms. The molecule has 0 spiro atoms. The van der Waals surface area contributed by atoms with E-state index in [1.54, 1.807) is 18.2 Å². The summed E-state index contributed by atoms with van der Waals surface area (Å²) >= 11 is 0. The van der Waals surface area contributed by atoms with Gasteiger partial charge in [-0.05, 0) is 49.6 Å². The highest BCUT2D eigenvalue weighted by Crippen LogP contribution is 2.19. The topological polar surface area (TPSA) is 17.1 Å². The first-order valence-corrected chi connectivity index (χ1v) is 7.26.